The fourth-order valence-corrected chi connectivity index (χ4v) is 4.53. The van der Waals surface area contributed by atoms with Crippen LogP contribution in [0.3, 0.4) is 0 Å². The minimum absolute atomic E-state index is 0.129. The van der Waals surface area contributed by atoms with Gasteiger partial charge in [-0.15, -0.1) is 0 Å². The highest BCUT2D eigenvalue weighted by molar-refractivity contribution is 6.08. The quantitative estimate of drug-likeness (QED) is 0.446. The number of nitrogens with zero attached hydrogens (tertiary/aromatic N) is 2. The molecule has 1 N–H and O–H groups in total. The van der Waals surface area contributed by atoms with Crippen molar-refractivity contribution in [1.29, 1.82) is 0 Å². The third-order valence-corrected chi connectivity index (χ3v) is 6.39. The Morgan fingerprint density at radius 2 is 1.94 bits per heavy atom. The Balaban J connectivity index is 1.62. The van der Waals surface area contributed by atoms with E-state index in [1.807, 2.05) is 6.07 Å². The molecule has 5 nitrogen and oxygen atoms in total. The Bertz CT molecular complexity index is 1450. The summed E-state index contributed by atoms with van der Waals surface area (Å²) < 4.78 is 30.2. The van der Waals surface area contributed by atoms with Crippen LogP contribution in [0.5, 0.6) is 0 Å². The number of carbonyl (C=O) groups is 1. The minimum Gasteiger partial charge on any atom is -0.345 e. The number of fused-ring (bicyclic) bond motifs is 1. The molecule has 1 saturated carbocycles. The van der Waals surface area contributed by atoms with E-state index in [2.05, 4.69) is 10.3 Å². The third-order valence-electron chi connectivity index (χ3n) is 6.39. The largest absolute Gasteiger partial charge is 0.345 e. The zero-order valence-electron chi connectivity index (χ0n) is 18.6. The molecule has 5 rings (SSSR count). The predicted molar refractivity (Wildman–Crippen MR) is 126 cm³/mol. The molecule has 1 aliphatic rings. The van der Waals surface area contributed by atoms with Gasteiger partial charge in [0.2, 0.25) is 0 Å². The summed E-state index contributed by atoms with van der Waals surface area (Å²) >= 11 is 0. The van der Waals surface area contributed by atoms with Gasteiger partial charge in [-0.1, -0.05) is 30.3 Å². The smallest absolute Gasteiger partial charge is 0.261 e. The van der Waals surface area contributed by atoms with E-state index in [-0.39, 0.29) is 40.7 Å². The van der Waals surface area contributed by atoms with E-state index in [4.69, 9.17) is 0 Å². The first-order chi connectivity index (χ1) is 16.4. The van der Waals surface area contributed by atoms with E-state index < -0.39 is 17.3 Å². The highest BCUT2D eigenvalue weighted by Crippen LogP contribution is 2.41. The average molecular weight is 459 g/mol. The van der Waals surface area contributed by atoms with Crippen molar-refractivity contribution in [1.82, 2.24) is 14.9 Å². The number of pyridine rings is 2. The first-order valence-electron chi connectivity index (χ1n) is 11.2. The Labute approximate surface area is 195 Å². The molecule has 2 aromatic heterocycles. The Morgan fingerprint density at radius 3 is 2.65 bits per heavy atom. The number of benzene rings is 2. The van der Waals surface area contributed by atoms with E-state index in [1.54, 1.807) is 43.6 Å². The van der Waals surface area contributed by atoms with Crippen LogP contribution in [-0.2, 0) is 6.54 Å². The van der Waals surface area contributed by atoms with Crippen molar-refractivity contribution in [2.45, 2.75) is 32.4 Å². The van der Waals surface area contributed by atoms with Gasteiger partial charge in [0, 0.05) is 23.5 Å². The molecule has 1 amide bonds. The molecule has 0 radical (unpaired) electrons. The van der Waals surface area contributed by atoms with Gasteiger partial charge in [-0.3, -0.25) is 14.6 Å². The van der Waals surface area contributed by atoms with Crippen LogP contribution >= 0.6 is 0 Å². The number of carbonyl (C=O) groups excluding carboxylic acids is 1. The zero-order valence-corrected chi connectivity index (χ0v) is 18.6. The summed E-state index contributed by atoms with van der Waals surface area (Å²) in [6.07, 6.45) is 5.11. The normalized spacial score (nSPS) is 14.2. The first-order valence-corrected chi connectivity index (χ1v) is 11.2. The standard InChI is InChI=1S/C27H23F2N3O2/c1-16-23(26(33)31-25(18-10-11-18)19-6-2-7-20(28)13-19)21-8-3-9-22(29)24(21)27(34)32(16)15-17-5-4-12-30-14-17/h2-9,12-14,18,25H,10-11,15H2,1H3,(H,31,33)/t25-/m0/s1. The van der Waals surface area contributed by atoms with Crippen LogP contribution in [0.4, 0.5) is 8.78 Å². The van der Waals surface area contributed by atoms with Crippen LogP contribution < -0.4 is 10.9 Å². The van der Waals surface area contributed by atoms with Crippen molar-refractivity contribution in [3.05, 3.63) is 111 Å². The molecule has 1 fully saturated rings. The molecular formula is C27H23F2N3O2. The van der Waals surface area contributed by atoms with Gasteiger partial charge in [-0.2, -0.15) is 0 Å². The SMILES string of the molecule is Cc1c(C(=O)N[C@H](c2cccc(F)c2)C2CC2)c2cccc(F)c2c(=O)n1Cc1cccnc1. The molecule has 0 unspecified atom stereocenters. The van der Waals surface area contributed by atoms with Crippen molar-refractivity contribution in [3.8, 4) is 0 Å². The molecule has 0 saturated heterocycles. The van der Waals surface area contributed by atoms with E-state index in [0.717, 1.165) is 18.4 Å². The number of hydrogen-bond donors (Lipinski definition) is 1. The number of amides is 1. The van der Waals surface area contributed by atoms with Gasteiger partial charge < -0.3 is 9.88 Å². The predicted octanol–water partition coefficient (Wildman–Crippen LogP) is 4.91. The molecule has 0 spiro atoms. The van der Waals surface area contributed by atoms with Crippen molar-refractivity contribution in [3.63, 3.8) is 0 Å². The van der Waals surface area contributed by atoms with E-state index in [9.17, 15) is 18.4 Å². The molecule has 4 aromatic rings. The third kappa shape index (κ3) is 4.09. The Kier molecular flexibility index (Phi) is 5.69. The molecular weight excluding hydrogens is 436 g/mol. The second-order valence-corrected chi connectivity index (χ2v) is 8.72. The maximum Gasteiger partial charge on any atom is 0.261 e. The first kappa shape index (κ1) is 21.9. The van der Waals surface area contributed by atoms with Gasteiger partial charge in [-0.05, 0) is 61.1 Å². The molecule has 2 aromatic carbocycles. The van der Waals surface area contributed by atoms with Gasteiger partial charge in [-0.25, -0.2) is 8.78 Å². The molecule has 34 heavy (non-hydrogen) atoms. The summed E-state index contributed by atoms with van der Waals surface area (Å²) in [6, 6.07) is 13.7. The number of aromatic nitrogens is 2. The fourth-order valence-electron chi connectivity index (χ4n) is 4.53. The summed E-state index contributed by atoms with van der Waals surface area (Å²) in [5.74, 6) is -1.27. The summed E-state index contributed by atoms with van der Waals surface area (Å²) in [5, 5.41) is 3.18. The van der Waals surface area contributed by atoms with Crippen LogP contribution in [0, 0.1) is 24.5 Å². The minimum atomic E-state index is -0.680. The number of nitrogens with one attached hydrogen (secondary N) is 1. The summed E-state index contributed by atoms with van der Waals surface area (Å²) in [7, 11) is 0. The summed E-state index contributed by atoms with van der Waals surface area (Å²) in [6.45, 7) is 1.84. The van der Waals surface area contributed by atoms with Crippen LogP contribution in [0.15, 0.2) is 71.8 Å². The second-order valence-electron chi connectivity index (χ2n) is 8.72. The monoisotopic (exact) mass is 459 g/mol. The van der Waals surface area contributed by atoms with Gasteiger partial charge in [0.1, 0.15) is 11.6 Å². The Morgan fingerprint density at radius 1 is 1.15 bits per heavy atom. The fraction of sp³-hybridized carbons (Fsp3) is 0.222. The highest BCUT2D eigenvalue weighted by atomic mass is 19.1. The zero-order chi connectivity index (χ0) is 23.8. The maximum absolute atomic E-state index is 14.9. The van der Waals surface area contributed by atoms with Gasteiger partial charge in [0.05, 0.1) is 23.5 Å². The van der Waals surface area contributed by atoms with Crippen LogP contribution in [-0.4, -0.2) is 15.5 Å². The number of hydrogen-bond acceptors (Lipinski definition) is 3. The molecule has 172 valence electrons. The number of halogens is 2. The van der Waals surface area contributed by atoms with E-state index in [0.29, 0.717) is 11.3 Å². The molecule has 2 heterocycles. The van der Waals surface area contributed by atoms with Crippen LogP contribution in [0.1, 0.15) is 46.1 Å². The lowest BCUT2D eigenvalue weighted by Gasteiger charge is -2.22. The molecule has 7 heteroatoms. The van der Waals surface area contributed by atoms with Crippen molar-refractivity contribution >= 4 is 16.7 Å². The van der Waals surface area contributed by atoms with Gasteiger partial charge >= 0.3 is 0 Å². The Hall–Kier alpha value is -3.87. The lowest BCUT2D eigenvalue weighted by molar-refractivity contribution is 0.0931. The van der Waals surface area contributed by atoms with Crippen molar-refractivity contribution in [2.24, 2.45) is 5.92 Å². The van der Waals surface area contributed by atoms with Gasteiger partial charge in [0.25, 0.3) is 11.5 Å². The van der Waals surface area contributed by atoms with Gasteiger partial charge in [0.15, 0.2) is 0 Å². The average Bonchev–Trinajstić information content (AvgIpc) is 3.66. The highest BCUT2D eigenvalue weighted by Gasteiger charge is 2.34. The number of rotatable bonds is 6. The van der Waals surface area contributed by atoms with Crippen molar-refractivity contribution < 1.29 is 13.6 Å². The molecule has 0 bridgehead atoms. The van der Waals surface area contributed by atoms with E-state index in [1.165, 1.54) is 28.8 Å². The summed E-state index contributed by atoms with van der Waals surface area (Å²) in [5.41, 5.74) is 1.60. The second kappa shape index (κ2) is 8.82. The molecule has 1 atom stereocenters. The van der Waals surface area contributed by atoms with E-state index >= 15 is 0 Å². The van der Waals surface area contributed by atoms with Crippen LogP contribution in [0.2, 0.25) is 0 Å². The maximum atomic E-state index is 14.9. The van der Waals surface area contributed by atoms with Crippen molar-refractivity contribution in [2.75, 3.05) is 0 Å². The molecule has 0 aliphatic heterocycles. The lowest BCUT2D eigenvalue weighted by atomic mass is 9.99. The molecule has 1 aliphatic carbocycles. The lowest BCUT2D eigenvalue weighted by Crippen LogP contribution is -2.34. The van der Waals surface area contributed by atoms with Crippen LogP contribution in [0.25, 0.3) is 10.8 Å². The summed E-state index contributed by atoms with van der Waals surface area (Å²) in [4.78, 5) is 31.0. The topological polar surface area (TPSA) is 64.0 Å².